The molecule has 0 unspecified atom stereocenters. The van der Waals surface area contributed by atoms with Gasteiger partial charge in [0.2, 0.25) is 0 Å². The molecule has 2 saturated carbocycles. The number of halogens is 1. The summed E-state index contributed by atoms with van der Waals surface area (Å²) in [7, 11) is -3.40. The van der Waals surface area contributed by atoms with Crippen molar-refractivity contribution in [3.8, 4) is 0 Å². The highest BCUT2D eigenvalue weighted by atomic mass is 32.2. The fourth-order valence-electron chi connectivity index (χ4n) is 4.09. The van der Waals surface area contributed by atoms with Crippen molar-refractivity contribution in [3.63, 3.8) is 0 Å². The Bertz CT molecular complexity index is 1450. The minimum atomic E-state index is -3.40. The number of aromatic nitrogens is 1. The van der Waals surface area contributed by atoms with Gasteiger partial charge >= 0.3 is 5.97 Å². The molecule has 9 nitrogen and oxygen atoms in total. The Morgan fingerprint density at radius 3 is 2.34 bits per heavy atom. The Hall–Kier alpha value is -3.64. The minimum absolute atomic E-state index is 0.0434. The first-order valence-corrected chi connectivity index (χ1v) is 14.4. The van der Waals surface area contributed by atoms with Crippen LogP contribution < -0.4 is 5.32 Å². The summed E-state index contributed by atoms with van der Waals surface area (Å²) in [6, 6.07) is 14.5. The molecule has 1 amide bonds. The molecule has 5 rings (SSSR count). The van der Waals surface area contributed by atoms with Gasteiger partial charge in [-0.2, -0.15) is 4.39 Å². The van der Waals surface area contributed by atoms with Crippen molar-refractivity contribution in [2.75, 3.05) is 5.32 Å². The molecule has 2 aromatic carbocycles. The molecule has 0 spiro atoms. The number of thiazole rings is 1. The van der Waals surface area contributed by atoms with Crippen LogP contribution in [0, 0.1) is 5.13 Å². The number of amides is 1. The van der Waals surface area contributed by atoms with Crippen LogP contribution >= 0.6 is 11.3 Å². The van der Waals surface area contributed by atoms with Crippen LogP contribution in [0.2, 0.25) is 0 Å². The molecule has 3 aromatic rings. The number of benzene rings is 2. The van der Waals surface area contributed by atoms with Crippen molar-refractivity contribution in [2.24, 2.45) is 5.16 Å². The number of carbonyl (C=O) groups is 2. The molecule has 2 aliphatic rings. The molecule has 1 heterocycles. The molecule has 1 N–H and O–H groups in total. The van der Waals surface area contributed by atoms with Gasteiger partial charge in [0.25, 0.3) is 5.91 Å². The summed E-state index contributed by atoms with van der Waals surface area (Å²) in [6.45, 7) is 0. The molecule has 2 atom stereocenters. The summed E-state index contributed by atoms with van der Waals surface area (Å²) in [4.78, 5) is 35.0. The lowest BCUT2D eigenvalue weighted by atomic mass is 10.1. The summed E-state index contributed by atoms with van der Waals surface area (Å²) in [5.74, 6) is -1.11. The number of rotatable bonds is 9. The number of nitrogens with one attached hydrogen (secondary N) is 1. The standard InChI is InChI=1S/C26H24FN3O6S2/c27-22-15-28-26(37-22)29-24(31)23(16-6-10-20(11-7-16)38(33,34)21-12-13-21)30-36-19-9-8-18(14-19)35-25(32)17-4-2-1-3-5-17/h1-7,10-11,15,18-19,21H,8-9,12-14H2,(H,28,29,31)/b30-23+/t18-,19+/m0/s1. The second-order valence-corrected chi connectivity index (χ2v) is 12.3. The third-order valence-electron chi connectivity index (χ3n) is 6.25. The first kappa shape index (κ1) is 26.0. The van der Waals surface area contributed by atoms with Gasteiger partial charge in [-0.25, -0.2) is 18.2 Å². The highest BCUT2D eigenvalue weighted by Gasteiger charge is 2.37. The maximum absolute atomic E-state index is 13.4. The Labute approximate surface area is 222 Å². The van der Waals surface area contributed by atoms with Gasteiger partial charge in [-0.3, -0.25) is 10.1 Å². The Morgan fingerprint density at radius 2 is 1.68 bits per heavy atom. The molecular formula is C26H24FN3O6S2. The molecule has 0 radical (unpaired) electrons. The lowest BCUT2D eigenvalue weighted by Gasteiger charge is -2.13. The van der Waals surface area contributed by atoms with Crippen molar-refractivity contribution in [2.45, 2.75) is 54.5 Å². The number of hydrogen-bond acceptors (Lipinski definition) is 9. The Morgan fingerprint density at radius 1 is 0.974 bits per heavy atom. The van der Waals surface area contributed by atoms with Gasteiger partial charge in [-0.1, -0.05) is 46.8 Å². The van der Waals surface area contributed by atoms with Crippen LogP contribution in [0.4, 0.5) is 9.52 Å². The maximum atomic E-state index is 13.4. The van der Waals surface area contributed by atoms with Gasteiger partial charge < -0.3 is 9.57 Å². The largest absolute Gasteiger partial charge is 0.459 e. The van der Waals surface area contributed by atoms with Gasteiger partial charge in [-0.05, 0) is 49.9 Å². The lowest BCUT2D eigenvalue weighted by Crippen LogP contribution is -2.25. The topological polar surface area (TPSA) is 124 Å². The molecular weight excluding hydrogens is 533 g/mol. The predicted molar refractivity (Wildman–Crippen MR) is 138 cm³/mol. The van der Waals surface area contributed by atoms with Gasteiger partial charge in [0.05, 0.1) is 21.9 Å². The van der Waals surface area contributed by atoms with Crippen LogP contribution in [-0.2, 0) is 24.2 Å². The number of nitrogens with zero attached hydrogens (tertiary/aromatic N) is 2. The third-order valence-corrected chi connectivity index (χ3v) is 9.22. The van der Waals surface area contributed by atoms with Crippen molar-refractivity contribution in [3.05, 3.63) is 77.1 Å². The fraction of sp³-hybridized carbons (Fsp3) is 0.308. The molecule has 2 aliphatic carbocycles. The van der Waals surface area contributed by atoms with E-state index in [9.17, 15) is 22.4 Å². The van der Waals surface area contributed by atoms with E-state index in [1.165, 1.54) is 24.3 Å². The van der Waals surface area contributed by atoms with Crippen LogP contribution in [0.1, 0.15) is 48.0 Å². The smallest absolute Gasteiger partial charge is 0.338 e. The van der Waals surface area contributed by atoms with E-state index in [1.54, 1.807) is 24.3 Å². The van der Waals surface area contributed by atoms with Crippen LogP contribution in [0.25, 0.3) is 0 Å². The average Bonchev–Trinajstić information content (AvgIpc) is 3.58. The van der Waals surface area contributed by atoms with Crippen molar-refractivity contribution >= 4 is 43.9 Å². The molecule has 198 valence electrons. The second kappa shape index (κ2) is 11.0. The summed E-state index contributed by atoms with van der Waals surface area (Å²) >= 11 is 0.659. The lowest BCUT2D eigenvalue weighted by molar-refractivity contribution is -0.110. The van der Waals surface area contributed by atoms with Gasteiger partial charge in [-0.15, -0.1) is 0 Å². The van der Waals surface area contributed by atoms with Crippen molar-refractivity contribution in [1.29, 1.82) is 0 Å². The fourth-order valence-corrected chi connectivity index (χ4v) is 6.29. The first-order chi connectivity index (χ1) is 18.3. The zero-order valence-electron chi connectivity index (χ0n) is 20.1. The normalized spacial score (nSPS) is 19.7. The Balaban J connectivity index is 1.29. The van der Waals surface area contributed by atoms with Gasteiger partial charge in [0.15, 0.2) is 25.8 Å². The van der Waals surface area contributed by atoms with E-state index in [0.29, 0.717) is 54.6 Å². The maximum Gasteiger partial charge on any atom is 0.338 e. The highest BCUT2D eigenvalue weighted by molar-refractivity contribution is 7.92. The van der Waals surface area contributed by atoms with Crippen molar-refractivity contribution < 1.29 is 32.0 Å². The van der Waals surface area contributed by atoms with E-state index in [-0.39, 0.29) is 27.1 Å². The summed E-state index contributed by atoms with van der Waals surface area (Å²) in [5, 5.41) is 5.70. The monoisotopic (exact) mass is 557 g/mol. The number of esters is 1. The summed E-state index contributed by atoms with van der Waals surface area (Å²) in [5.41, 5.74) is 0.652. The minimum Gasteiger partial charge on any atom is -0.459 e. The number of anilines is 1. The van der Waals surface area contributed by atoms with E-state index >= 15 is 0 Å². The quantitative estimate of drug-likeness (QED) is 0.236. The van der Waals surface area contributed by atoms with Crippen molar-refractivity contribution in [1.82, 2.24) is 4.98 Å². The number of hydrogen-bond donors (Lipinski definition) is 1. The number of carbonyl (C=O) groups excluding carboxylic acids is 2. The van der Waals surface area contributed by atoms with Crippen LogP contribution in [0.15, 0.2) is 70.8 Å². The number of ether oxygens (including phenoxy) is 1. The number of sulfone groups is 1. The average molecular weight is 558 g/mol. The zero-order chi connectivity index (χ0) is 26.7. The molecule has 2 fully saturated rings. The second-order valence-electron chi connectivity index (χ2n) is 9.07. The molecule has 0 bridgehead atoms. The van der Waals surface area contributed by atoms with E-state index in [1.807, 2.05) is 6.07 Å². The van der Waals surface area contributed by atoms with E-state index in [2.05, 4.69) is 15.5 Å². The van der Waals surface area contributed by atoms with Crippen LogP contribution in [0.3, 0.4) is 0 Å². The van der Waals surface area contributed by atoms with Gasteiger partial charge in [0.1, 0.15) is 12.2 Å². The zero-order valence-corrected chi connectivity index (χ0v) is 21.7. The van der Waals surface area contributed by atoms with E-state index in [4.69, 9.17) is 9.57 Å². The molecule has 12 heteroatoms. The summed E-state index contributed by atoms with van der Waals surface area (Å²) in [6.07, 6.45) is 3.03. The van der Waals surface area contributed by atoms with E-state index < -0.39 is 32.9 Å². The molecule has 0 saturated heterocycles. The van der Waals surface area contributed by atoms with Crippen LogP contribution in [-0.4, -0.2) is 48.4 Å². The summed E-state index contributed by atoms with van der Waals surface area (Å²) < 4.78 is 44.0. The first-order valence-electron chi connectivity index (χ1n) is 12.1. The number of oxime groups is 1. The molecule has 38 heavy (non-hydrogen) atoms. The molecule has 0 aliphatic heterocycles. The SMILES string of the molecule is O=C(Nc1ncc(F)s1)/C(=N/O[C@@H]1CC[C@H](OC(=O)c2ccccc2)C1)c1ccc(S(=O)(=O)C2CC2)cc1. The predicted octanol–water partition coefficient (Wildman–Crippen LogP) is 4.36. The Kier molecular flexibility index (Phi) is 7.52. The van der Waals surface area contributed by atoms with Gasteiger partial charge in [0, 0.05) is 12.0 Å². The van der Waals surface area contributed by atoms with Crippen LogP contribution in [0.5, 0.6) is 0 Å². The van der Waals surface area contributed by atoms with E-state index in [0.717, 1.165) is 6.20 Å². The molecule has 1 aromatic heterocycles. The third kappa shape index (κ3) is 6.08. The highest BCUT2D eigenvalue weighted by Crippen LogP contribution is 2.33.